The van der Waals surface area contributed by atoms with E-state index in [9.17, 15) is 4.79 Å². The quantitative estimate of drug-likeness (QED) is 0.702. The number of aromatic nitrogens is 2. The number of carbonyl (C=O) groups is 1. The summed E-state index contributed by atoms with van der Waals surface area (Å²) in [4.78, 5) is 24.8. The molecule has 0 spiro atoms. The van der Waals surface area contributed by atoms with Crippen LogP contribution in [-0.4, -0.2) is 35.0 Å². The van der Waals surface area contributed by atoms with Crippen LogP contribution < -0.4 is 10.2 Å². The van der Waals surface area contributed by atoms with Crippen molar-refractivity contribution in [2.24, 2.45) is 5.92 Å². The number of piperidine rings is 1. The van der Waals surface area contributed by atoms with Crippen LogP contribution in [0.3, 0.4) is 0 Å². The van der Waals surface area contributed by atoms with Crippen molar-refractivity contribution in [3.8, 4) is 0 Å². The van der Waals surface area contributed by atoms with Gasteiger partial charge in [0.1, 0.15) is 0 Å². The van der Waals surface area contributed by atoms with E-state index < -0.39 is 0 Å². The molecule has 160 valence electrons. The molecule has 1 aliphatic heterocycles. The summed E-state index contributed by atoms with van der Waals surface area (Å²) in [5.74, 6) is 1.07. The molecular weight excluding hydrogens is 384 g/mol. The second kappa shape index (κ2) is 7.95. The summed E-state index contributed by atoms with van der Waals surface area (Å²) in [6, 6.07) is 13.1. The molecular formula is C26H30N4O. The molecule has 1 amide bonds. The van der Waals surface area contributed by atoms with Crippen molar-refractivity contribution in [3.05, 3.63) is 64.3 Å². The van der Waals surface area contributed by atoms with Gasteiger partial charge in [-0.05, 0) is 80.8 Å². The largest absolute Gasteiger partial charge is 0.352 e. The van der Waals surface area contributed by atoms with Gasteiger partial charge in [-0.3, -0.25) is 4.79 Å². The van der Waals surface area contributed by atoms with E-state index in [4.69, 9.17) is 9.97 Å². The number of benzene rings is 2. The third-order valence-corrected chi connectivity index (χ3v) is 7.04. The third-order valence-electron chi connectivity index (χ3n) is 7.04. The van der Waals surface area contributed by atoms with Gasteiger partial charge in [0, 0.05) is 30.4 Å². The summed E-state index contributed by atoms with van der Waals surface area (Å²) in [6.07, 6.45) is 3.59. The zero-order valence-electron chi connectivity index (χ0n) is 18.6. The normalized spacial score (nSPS) is 17.2. The van der Waals surface area contributed by atoms with Crippen molar-refractivity contribution in [2.45, 2.75) is 52.5 Å². The molecule has 5 nitrogen and oxygen atoms in total. The first-order chi connectivity index (χ1) is 15.0. The van der Waals surface area contributed by atoms with Gasteiger partial charge in [-0.1, -0.05) is 24.3 Å². The minimum absolute atomic E-state index is 0.0754. The maximum absolute atomic E-state index is 12.9. The summed E-state index contributed by atoms with van der Waals surface area (Å²) in [6.45, 7) is 7.95. The van der Waals surface area contributed by atoms with Gasteiger partial charge in [0.25, 0.3) is 0 Å². The van der Waals surface area contributed by atoms with Gasteiger partial charge >= 0.3 is 0 Å². The molecule has 0 atom stereocenters. The molecule has 0 radical (unpaired) electrons. The number of rotatable bonds is 3. The highest BCUT2D eigenvalue weighted by atomic mass is 16.1. The van der Waals surface area contributed by atoms with Crippen molar-refractivity contribution in [3.63, 3.8) is 0 Å². The van der Waals surface area contributed by atoms with Crippen LogP contribution in [0.15, 0.2) is 36.4 Å². The molecule has 5 heteroatoms. The molecule has 0 saturated carbocycles. The van der Waals surface area contributed by atoms with Crippen LogP contribution in [0.2, 0.25) is 0 Å². The Morgan fingerprint density at radius 2 is 1.61 bits per heavy atom. The molecule has 0 unspecified atom stereocenters. The van der Waals surface area contributed by atoms with E-state index in [2.05, 4.69) is 67.4 Å². The first kappa shape index (κ1) is 20.0. The van der Waals surface area contributed by atoms with Crippen molar-refractivity contribution < 1.29 is 4.79 Å². The van der Waals surface area contributed by atoms with Crippen molar-refractivity contribution in [2.75, 3.05) is 18.0 Å². The lowest BCUT2D eigenvalue weighted by molar-refractivity contribution is -0.126. The second-order valence-electron chi connectivity index (χ2n) is 9.21. The molecule has 3 aromatic rings. The summed E-state index contributed by atoms with van der Waals surface area (Å²) in [5, 5.41) is 4.43. The van der Waals surface area contributed by atoms with E-state index in [1.165, 1.54) is 22.3 Å². The Morgan fingerprint density at radius 1 is 0.968 bits per heavy atom. The molecule has 1 N–H and O–H groups in total. The van der Waals surface area contributed by atoms with E-state index in [1.807, 2.05) is 0 Å². The number of anilines is 1. The van der Waals surface area contributed by atoms with Crippen LogP contribution in [0.25, 0.3) is 10.9 Å². The molecule has 0 bridgehead atoms. The first-order valence-electron chi connectivity index (χ1n) is 11.4. The molecule has 5 rings (SSSR count). The Balaban J connectivity index is 1.22. The van der Waals surface area contributed by atoms with Gasteiger partial charge < -0.3 is 10.2 Å². The van der Waals surface area contributed by atoms with Gasteiger partial charge in [-0.15, -0.1) is 0 Å². The van der Waals surface area contributed by atoms with Crippen LogP contribution in [0.5, 0.6) is 0 Å². The number of nitrogens with zero attached hydrogens (tertiary/aromatic N) is 3. The average molecular weight is 415 g/mol. The lowest BCUT2D eigenvalue weighted by Crippen LogP contribution is -2.44. The van der Waals surface area contributed by atoms with Gasteiger partial charge in [-0.2, -0.15) is 0 Å². The Kier molecular flexibility index (Phi) is 5.12. The van der Waals surface area contributed by atoms with Crippen molar-refractivity contribution in [1.82, 2.24) is 15.3 Å². The van der Waals surface area contributed by atoms with E-state index in [0.29, 0.717) is 0 Å². The van der Waals surface area contributed by atoms with Gasteiger partial charge in [0.05, 0.1) is 11.2 Å². The Hall–Kier alpha value is -2.95. The standard InChI is InChI=1S/C26H30N4O/c1-16-12-23-18(3)27-26(29-24(23)13-17(16)2)30-10-8-19(9-11-30)25(31)28-22-14-20-6-4-5-7-21(20)15-22/h4-7,12-13,19,22H,8-11,14-15H2,1-3H3,(H,28,31). The van der Waals surface area contributed by atoms with E-state index in [-0.39, 0.29) is 17.9 Å². The topological polar surface area (TPSA) is 58.1 Å². The van der Waals surface area contributed by atoms with Crippen LogP contribution in [0, 0.1) is 26.7 Å². The lowest BCUT2D eigenvalue weighted by Gasteiger charge is -2.32. The molecule has 1 saturated heterocycles. The zero-order chi connectivity index (χ0) is 21.5. The maximum Gasteiger partial charge on any atom is 0.226 e. The van der Waals surface area contributed by atoms with Gasteiger partial charge in [-0.25, -0.2) is 9.97 Å². The van der Waals surface area contributed by atoms with Crippen LogP contribution in [0.1, 0.15) is 40.8 Å². The lowest BCUT2D eigenvalue weighted by atomic mass is 9.95. The van der Waals surface area contributed by atoms with Crippen LogP contribution in [0.4, 0.5) is 5.95 Å². The first-order valence-corrected chi connectivity index (χ1v) is 11.4. The Labute approximate surface area is 183 Å². The average Bonchev–Trinajstić information content (AvgIpc) is 3.17. The smallest absolute Gasteiger partial charge is 0.226 e. The number of fused-ring (bicyclic) bond motifs is 2. The van der Waals surface area contributed by atoms with Crippen molar-refractivity contribution >= 4 is 22.8 Å². The van der Waals surface area contributed by atoms with Crippen LogP contribution >= 0.6 is 0 Å². The predicted molar refractivity (Wildman–Crippen MR) is 124 cm³/mol. The predicted octanol–water partition coefficient (Wildman–Crippen LogP) is 4.06. The zero-order valence-corrected chi connectivity index (χ0v) is 18.6. The van der Waals surface area contributed by atoms with Gasteiger partial charge in [0.15, 0.2) is 0 Å². The number of carbonyl (C=O) groups excluding carboxylic acids is 1. The SMILES string of the molecule is Cc1cc2nc(N3CCC(C(=O)NC4Cc5ccccc5C4)CC3)nc(C)c2cc1C. The monoisotopic (exact) mass is 414 g/mol. The van der Waals surface area contributed by atoms with E-state index >= 15 is 0 Å². The Bertz CT molecular complexity index is 1120. The van der Waals surface area contributed by atoms with E-state index in [1.54, 1.807) is 0 Å². The number of nitrogens with one attached hydrogen (secondary N) is 1. The number of amides is 1. The van der Waals surface area contributed by atoms with E-state index in [0.717, 1.165) is 61.3 Å². The molecule has 1 fully saturated rings. The summed E-state index contributed by atoms with van der Waals surface area (Å²) in [7, 11) is 0. The molecule has 1 aliphatic carbocycles. The second-order valence-corrected chi connectivity index (χ2v) is 9.21. The molecule has 2 heterocycles. The number of hydrogen-bond acceptors (Lipinski definition) is 4. The fourth-order valence-corrected chi connectivity index (χ4v) is 4.99. The number of aryl methyl sites for hydroxylation is 3. The third kappa shape index (κ3) is 3.89. The minimum Gasteiger partial charge on any atom is -0.352 e. The minimum atomic E-state index is 0.0754. The van der Waals surface area contributed by atoms with Crippen LogP contribution in [-0.2, 0) is 17.6 Å². The fraction of sp³-hybridized carbons (Fsp3) is 0.423. The summed E-state index contributed by atoms with van der Waals surface area (Å²) >= 11 is 0. The highest BCUT2D eigenvalue weighted by Crippen LogP contribution is 2.27. The molecule has 31 heavy (non-hydrogen) atoms. The highest BCUT2D eigenvalue weighted by molar-refractivity contribution is 5.83. The summed E-state index contributed by atoms with van der Waals surface area (Å²) < 4.78 is 0. The molecule has 2 aliphatic rings. The molecule has 1 aromatic heterocycles. The molecule has 2 aromatic carbocycles. The fourth-order valence-electron chi connectivity index (χ4n) is 4.99. The highest BCUT2D eigenvalue weighted by Gasteiger charge is 2.29. The maximum atomic E-state index is 12.9. The number of hydrogen-bond donors (Lipinski definition) is 1. The van der Waals surface area contributed by atoms with Crippen molar-refractivity contribution in [1.29, 1.82) is 0 Å². The summed E-state index contributed by atoms with van der Waals surface area (Å²) in [5.41, 5.74) is 7.29. The Morgan fingerprint density at radius 3 is 2.29 bits per heavy atom. The van der Waals surface area contributed by atoms with Gasteiger partial charge in [0.2, 0.25) is 11.9 Å².